The Balaban J connectivity index is 1.82. The Morgan fingerprint density at radius 1 is 1.16 bits per heavy atom. The molecule has 4 heteroatoms. The number of nitrogens with two attached hydrogens (primary N) is 1. The lowest BCUT2D eigenvalue weighted by Crippen LogP contribution is -1.88. The molecule has 0 unspecified atom stereocenters. The number of hydrogen-bond donors (Lipinski definition) is 1. The first-order chi connectivity index (χ1) is 9.24. The van der Waals surface area contributed by atoms with Gasteiger partial charge >= 0.3 is 0 Å². The predicted molar refractivity (Wildman–Crippen MR) is 87.3 cm³/mol. The van der Waals surface area contributed by atoms with Crippen LogP contribution in [0.1, 0.15) is 5.56 Å². The molecular formula is C15H12ClNS2. The summed E-state index contributed by atoms with van der Waals surface area (Å²) >= 11 is 9.45. The van der Waals surface area contributed by atoms with Crippen molar-refractivity contribution in [2.24, 2.45) is 0 Å². The predicted octanol–water partition coefficient (Wildman–Crippen LogP) is 5.43. The van der Waals surface area contributed by atoms with E-state index in [-0.39, 0.29) is 0 Å². The Hall–Kier alpha value is -1.16. The lowest BCUT2D eigenvalue weighted by atomic mass is 10.2. The monoisotopic (exact) mass is 305 g/mol. The van der Waals surface area contributed by atoms with E-state index in [1.165, 1.54) is 15.6 Å². The fraction of sp³-hybridized carbons (Fsp3) is 0.0667. The number of anilines is 1. The molecule has 1 heterocycles. The van der Waals surface area contributed by atoms with Crippen molar-refractivity contribution in [3.8, 4) is 0 Å². The molecule has 0 fully saturated rings. The van der Waals surface area contributed by atoms with Crippen molar-refractivity contribution in [2.45, 2.75) is 10.6 Å². The van der Waals surface area contributed by atoms with Crippen LogP contribution in [0, 0.1) is 0 Å². The van der Waals surface area contributed by atoms with Crippen molar-refractivity contribution in [3.63, 3.8) is 0 Å². The van der Waals surface area contributed by atoms with Crippen LogP contribution in [0.25, 0.3) is 10.1 Å². The standard InChI is InChI=1S/C15H12ClNS2/c16-11-5-6-15(13(17)7-11)19-9-10-8-18-14-4-2-1-3-12(10)14/h1-8H,9,17H2. The molecule has 1 nitrogen and oxygen atoms in total. The Morgan fingerprint density at radius 3 is 2.84 bits per heavy atom. The first-order valence-corrected chi connectivity index (χ1v) is 8.11. The first kappa shape index (κ1) is 12.9. The van der Waals surface area contributed by atoms with Crippen LogP contribution in [0.2, 0.25) is 5.02 Å². The van der Waals surface area contributed by atoms with Crippen LogP contribution in [-0.2, 0) is 5.75 Å². The fourth-order valence-electron chi connectivity index (χ4n) is 1.95. The topological polar surface area (TPSA) is 26.0 Å². The fourth-order valence-corrected chi connectivity index (χ4v) is 4.14. The van der Waals surface area contributed by atoms with Crippen molar-refractivity contribution in [3.05, 3.63) is 58.4 Å². The normalized spacial score (nSPS) is 11.0. The molecule has 19 heavy (non-hydrogen) atoms. The molecule has 0 aliphatic rings. The summed E-state index contributed by atoms with van der Waals surface area (Å²) in [7, 11) is 0. The van der Waals surface area contributed by atoms with Gasteiger partial charge in [0.1, 0.15) is 0 Å². The third kappa shape index (κ3) is 2.73. The molecule has 0 aliphatic carbocycles. The van der Waals surface area contributed by atoms with E-state index in [2.05, 4.69) is 29.6 Å². The summed E-state index contributed by atoms with van der Waals surface area (Å²) in [4.78, 5) is 1.08. The van der Waals surface area contributed by atoms with Crippen molar-refractivity contribution < 1.29 is 0 Å². The SMILES string of the molecule is Nc1cc(Cl)ccc1SCc1csc2ccccc12. The maximum Gasteiger partial charge on any atom is 0.0467 e. The van der Waals surface area contributed by atoms with Gasteiger partial charge in [-0.3, -0.25) is 0 Å². The van der Waals surface area contributed by atoms with Crippen molar-refractivity contribution in [1.82, 2.24) is 0 Å². The Bertz CT molecular complexity index is 721. The second-order valence-corrected chi connectivity index (χ2v) is 6.59. The zero-order valence-corrected chi connectivity index (χ0v) is 12.5. The smallest absolute Gasteiger partial charge is 0.0467 e. The van der Waals surface area contributed by atoms with E-state index in [4.69, 9.17) is 17.3 Å². The van der Waals surface area contributed by atoms with Crippen LogP contribution in [0.5, 0.6) is 0 Å². The van der Waals surface area contributed by atoms with Gasteiger partial charge < -0.3 is 5.73 Å². The van der Waals surface area contributed by atoms with Crippen molar-refractivity contribution in [2.75, 3.05) is 5.73 Å². The zero-order chi connectivity index (χ0) is 13.2. The van der Waals surface area contributed by atoms with Crippen LogP contribution < -0.4 is 5.73 Å². The van der Waals surface area contributed by atoms with Gasteiger partial charge in [0, 0.05) is 26.1 Å². The third-order valence-corrected chi connectivity index (χ3v) is 5.30. The molecule has 96 valence electrons. The first-order valence-electron chi connectivity index (χ1n) is 5.87. The van der Waals surface area contributed by atoms with Gasteiger partial charge in [-0.05, 0) is 40.6 Å². The molecule has 0 aliphatic heterocycles. The Labute approximate surface area is 125 Å². The highest BCUT2D eigenvalue weighted by Gasteiger charge is 2.06. The van der Waals surface area contributed by atoms with Gasteiger partial charge in [-0.2, -0.15) is 0 Å². The average Bonchev–Trinajstić information content (AvgIpc) is 2.81. The summed E-state index contributed by atoms with van der Waals surface area (Å²) < 4.78 is 1.34. The quantitative estimate of drug-likeness (QED) is 0.516. The minimum Gasteiger partial charge on any atom is -0.398 e. The van der Waals surface area contributed by atoms with Crippen molar-refractivity contribution >= 4 is 50.5 Å². The lowest BCUT2D eigenvalue weighted by Gasteiger charge is -2.05. The summed E-state index contributed by atoms with van der Waals surface area (Å²) in [6.07, 6.45) is 0. The summed E-state index contributed by atoms with van der Waals surface area (Å²) in [5, 5.41) is 4.25. The van der Waals surface area contributed by atoms with E-state index in [1.54, 1.807) is 29.2 Å². The minimum absolute atomic E-state index is 0.683. The lowest BCUT2D eigenvalue weighted by molar-refractivity contribution is 1.42. The molecule has 0 saturated carbocycles. The summed E-state index contributed by atoms with van der Waals surface area (Å²) in [6.45, 7) is 0. The molecule has 0 spiro atoms. The van der Waals surface area contributed by atoms with Crippen LogP contribution >= 0.6 is 34.7 Å². The zero-order valence-electron chi connectivity index (χ0n) is 10.1. The highest BCUT2D eigenvalue weighted by atomic mass is 35.5. The summed E-state index contributed by atoms with van der Waals surface area (Å²) in [6, 6.07) is 14.2. The molecule has 0 bridgehead atoms. The number of rotatable bonds is 3. The summed E-state index contributed by atoms with van der Waals surface area (Å²) in [5.41, 5.74) is 8.08. The largest absolute Gasteiger partial charge is 0.398 e. The van der Waals surface area contributed by atoms with Crippen LogP contribution in [0.4, 0.5) is 5.69 Å². The highest BCUT2D eigenvalue weighted by Crippen LogP contribution is 2.34. The molecular weight excluding hydrogens is 294 g/mol. The third-order valence-electron chi connectivity index (χ3n) is 2.92. The average molecular weight is 306 g/mol. The van der Waals surface area contributed by atoms with Gasteiger partial charge in [-0.1, -0.05) is 29.8 Å². The molecule has 3 aromatic rings. The van der Waals surface area contributed by atoms with E-state index in [9.17, 15) is 0 Å². The maximum atomic E-state index is 5.97. The summed E-state index contributed by atoms with van der Waals surface area (Å²) in [5.74, 6) is 0.926. The number of thioether (sulfide) groups is 1. The van der Waals surface area contributed by atoms with E-state index < -0.39 is 0 Å². The van der Waals surface area contributed by atoms with E-state index in [1.807, 2.05) is 12.1 Å². The molecule has 0 radical (unpaired) electrons. The van der Waals surface area contributed by atoms with Gasteiger partial charge in [0.25, 0.3) is 0 Å². The molecule has 0 amide bonds. The number of benzene rings is 2. The molecule has 2 N–H and O–H groups in total. The second kappa shape index (κ2) is 5.45. The molecule has 0 saturated heterocycles. The number of fused-ring (bicyclic) bond motifs is 1. The Kier molecular flexibility index (Phi) is 3.69. The number of halogens is 1. The van der Waals surface area contributed by atoms with E-state index >= 15 is 0 Å². The number of hydrogen-bond acceptors (Lipinski definition) is 3. The molecule has 3 rings (SSSR count). The number of nitrogen functional groups attached to an aromatic ring is 1. The van der Waals surface area contributed by atoms with Gasteiger partial charge in [0.05, 0.1) is 0 Å². The molecule has 2 aromatic carbocycles. The van der Waals surface area contributed by atoms with Gasteiger partial charge in [0.2, 0.25) is 0 Å². The highest BCUT2D eigenvalue weighted by molar-refractivity contribution is 7.98. The number of thiophene rings is 1. The van der Waals surface area contributed by atoms with Crippen molar-refractivity contribution in [1.29, 1.82) is 0 Å². The molecule has 1 aromatic heterocycles. The van der Waals surface area contributed by atoms with Gasteiger partial charge in [-0.15, -0.1) is 23.1 Å². The van der Waals surface area contributed by atoms with E-state index in [0.717, 1.165) is 16.3 Å². The van der Waals surface area contributed by atoms with Crippen LogP contribution in [0.3, 0.4) is 0 Å². The van der Waals surface area contributed by atoms with Gasteiger partial charge in [0.15, 0.2) is 0 Å². The van der Waals surface area contributed by atoms with Crippen LogP contribution in [-0.4, -0.2) is 0 Å². The Morgan fingerprint density at radius 2 is 2.00 bits per heavy atom. The maximum absolute atomic E-state index is 5.97. The molecule has 0 atom stereocenters. The second-order valence-electron chi connectivity index (χ2n) is 4.23. The van der Waals surface area contributed by atoms with Gasteiger partial charge in [-0.25, -0.2) is 0 Å². The minimum atomic E-state index is 0.683. The van der Waals surface area contributed by atoms with E-state index in [0.29, 0.717) is 5.02 Å². The van der Waals surface area contributed by atoms with Crippen LogP contribution in [0.15, 0.2) is 52.7 Å².